The van der Waals surface area contributed by atoms with Crippen LogP contribution < -0.4 is 21.5 Å². The van der Waals surface area contributed by atoms with Gasteiger partial charge in [-0.2, -0.15) is 0 Å². The average Bonchev–Trinajstić information content (AvgIpc) is 2.55. The fourth-order valence-electron chi connectivity index (χ4n) is 2.88. The average molecular weight is 336 g/mol. The molecule has 1 aliphatic rings. The quantitative estimate of drug-likeness (QED) is 0.772. The lowest BCUT2D eigenvalue weighted by atomic mass is 10.2. The van der Waals surface area contributed by atoms with Gasteiger partial charge in [-0.05, 0) is 30.7 Å². The second-order valence-electron chi connectivity index (χ2n) is 5.78. The van der Waals surface area contributed by atoms with E-state index in [2.05, 4.69) is 17.2 Å². The Hall–Kier alpha value is -2.05. The smallest absolute Gasteiger partial charge is 0.324 e. The molecule has 1 atom stereocenters. The lowest BCUT2D eigenvalue weighted by Crippen LogP contribution is -3.12. The highest BCUT2D eigenvalue weighted by molar-refractivity contribution is 6.30. The number of H-pyrrole nitrogens is 1. The standard InChI is InChI=1S/C16H19ClN4O2/c1-2-3-8-20-9-13-14(18-10-20)21(16(23)19-15(13)22)12-6-4-11(17)5-7-12/h4-7,18H,2-3,8-10H2,1H3,(H,19,22,23)/p+1. The molecule has 0 saturated carbocycles. The molecule has 3 N–H and O–H groups in total. The van der Waals surface area contributed by atoms with Gasteiger partial charge in [0.05, 0.1) is 12.2 Å². The summed E-state index contributed by atoms with van der Waals surface area (Å²) in [5.41, 5.74) is 0.547. The van der Waals surface area contributed by atoms with E-state index in [9.17, 15) is 9.59 Å². The number of aromatic amines is 1. The molecule has 0 aliphatic carbocycles. The molecule has 0 amide bonds. The number of rotatable bonds is 4. The molecular weight excluding hydrogens is 316 g/mol. The predicted molar refractivity (Wildman–Crippen MR) is 90.6 cm³/mol. The molecule has 1 aromatic heterocycles. The first-order valence-corrected chi connectivity index (χ1v) is 8.19. The maximum absolute atomic E-state index is 12.3. The van der Waals surface area contributed by atoms with Crippen molar-refractivity contribution in [2.24, 2.45) is 0 Å². The largest absolute Gasteiger partial charge is 0.334 e. The first kappa shape index (κ1) is 15.8. The van der Waals surface area contributed by atoms with Crippen molar-refractivity contribution in [1.29, 1.82) is 0 Å². The number of hydrogen-bond acceptors (Lipinski definition) is 3. The van der Waals surface area contributed by atoms with Gasteiger partial charge in [0, 0.05) is 5.02 Å². The molecule has 0 bridgehead atoms. The summed E-state index contributed by atoms with van der Waals surface area (Å²) in [6.07, 6.45) is 2.23. The number of nitrogens with zero attached hydrogens (tertiary/aromatic N) is 1. The summed E-state index contributed by atoms with van der Waals surface area (Å²) in [6, 6.07) is 6.98. The first-order chi connectivity index (χ1) is 11.1. The SMILES string of the molecule is CCCC[NH+]1CNc2c(c(=O)[nH]c(=O)n2-c2ccc(Cl)cc2)C1. The van der Waals surface area contributed by atoms with Crippen molar-refractivity contribution in [3.63, 3.8) is 0 Å². The zero-order valence-electron chi connectivity index (χ0n) is 13.0. The summed E-state index contributed by atoms with van der Waals surface area (Å²) < 4.78 is 1.50. The Kier molecular flexibility index (Phi) is 4.54. The van der Waals surface area contributed by atoms with Gasteiger partial charge in [-0.15, -0.1) is 0 Å². The summed E-state index contributed by atoms with van der Waals surface area (Å²) in [5, 5.41) is 3.86. The van der Waals surface area contributed by atoms with Crippen LogP contribution in [0.5, 0.6) is 0 Å². The number of unbranched alkanes of at least 4 members (excludes halogenated alkanes) is 1. The van der Waals surface area contributed by atoms with Crippen molar-refractivity contribution in [2.75, 3.05) is 18.5 Å². The van der Waals surface area contributed by atoms with Crippen LogP contribution in [0.1, 0.15) is 25.3 Å². The van der Waals surface area contributed by atoms with Crippen LogP contribution in [0, 0.1) is 0 Å². The molecule has 0 spiro atoms. The predicted octanol–water partition coefficient (Wildman–Crippen LogP) is 0.747. The van der Waals surface area contributed by atoms with Gasteiger partial charge in [0.15, 0.2) is 6.67 Å². The zero-order chi connectivity index (χ0) is 16.4. The summed E-state index contributed by atoms with van der Waals surface area (Å²) >= 11 is 5.91. The van der Waals surface area contributed by atoms with E-state index in [-0.39, 0.29) is 5.56 Å². The van der Waals surface area contributed by atoms with Crippen molar-refractivity contribution in [3.8, 4) is 5.69 Å². The van der Waals surface area contributed by atoms with Crippen molar-refractivity contribution in [2.45, 2.75) is 26.3 Å². The Labute approximate surface area is 138 Å². The van der Waals surface area contributed by atoms with Crippen LogP contribution in [-0.4, -0.2) is 22.8 Å². The second kappa shape index (κ2) is 6.60. The number of aromatic nitrogens is 2. The molecule has 3 rings (SSSR count). The third-order valence-electron chi connectivity index (χ3n) is 4.11. The summed E-state index contributed by atoms with van der Waals surface area (Å²) in [4.78, 5) is 28.2. The Morgan fingerprint density at radius 1 is 1.26 bits per heavy atom. The molecule has 0 saturated heterocycles. The van der Waals surface area contributed by atoms with E-state index in [1.807, 2.05) is 0 Å². The highest BCUT2D eigenvalue weighted by Crippen LogP contribution is 2.18. The highest BCUT2D eigenvalue weighted by Gasteiger charge is 2.25. The van der Waals surface area contributed by atoms with Crippen LogP contribution in [0.3, 0.4) is 0 Å². The van der Waals surface area contributed by atoms with E-state index in [4.69, 9.17) is 11.6 Å². The molecule has 7 heteroatoms. The summed E-state index contributed by atoms with van der Waals surface area (Å²) in [7, 11) is 0. The van der Waals surface area contributed by atoms with E-state index < -0.39 is 5.69 Å². The van der Waals surface area contributed by atoms with Gasteiger partial charge in [-0.25, -0.2) is 9.36 Å². The van der Waals surface area contributed by atoms with Crippen LogP contribution in [-0.2, 0) is 6.54 Å². The van der Waals surface area contributed by atoms with Gasteiger partial charge in [0.1, 0.15) is 17.9 Å². The van der Waals surface area contributed by atoms with Crippen molar-refractivity contribution in [3.05, 3.63) is 55.7 Å². The maximum atomic E-state index is 12.3. The molecule has 0 radical (unpaired) electrons. The molecule has 2 heterocycles. The third-order valence-corrected chi connectivity index (χ3v) is 4.36. The molecule has 6 nitrogen and oxygen atoms in total. The monoisotopic (exact) mass is 335 g/mol. The minimum atomic E-state index is -0.444. The number of anilines is 1. The molecule has 23 heavy (non-hydrogen) atoms. The normalized spacial score (nSPS) is 16.7. The summed E-state index contributed by atoms with van der Waals surface area (Å²) in [5.74, 6) is 0.585. The molecule has 2 aromatic rings. The third kappa shape index (κ3) is 3.18. The Balaban J connectivity index is 2.05. The van der Waals surface area contributed by atoms with Gasteiger partial charge < -0.3 is 10.2 Å². The summed E-state index contributed by atoms with van der Waals surface area (Å²) in [6.45, 7) is 4.47. The van der Waals surface area contributed by atoms with E-state index in [1.54, 1.807) is 24.3 Å². The van der Waals surface area contributed by atoms with Gasteiger partial charge in [-0.1, -0.05) is 24.9 Å². The number of hydrogen-bond donors (Lipinski definition) is 3. The number of benzene rings is 1. The molecule has 0 fully saturated rings. The second-order valence-corrected chi connectivity index (χ2v) is 6.22. The van der Waals surface area contributed by atoms with Crippen LogP contribution in [0.25, 0.3) is 5.69 Å². The fraction of sp³-hybridized carbons (Fsp3) is 0.375. The van der Waals surface area contributed by atoms with E-state index in [1.165, 1.54) is 9.47 Å². The van der Waals surface area contributed by atoms with Crippen LogP contribution >= 0.6 is 11.6 Å². The van der Waals surface area contributed by atoms with Gasteiger partial charge in [-0.3, -0.25) is 9.78 Å². The minimum Gasteiger partial charge on any atom is -0.324 e. The number of quaternary nitrogens is 1. The zero-order valence-corrected chi connectivity index (χ0v) is 13.7. The first-order valence-electron chi connectivity index (χ1n) is 7.81. The van der Waals surface area contributed by atoms with Crippen molar-refractivity contribution in [1.82, 2.24) is 9.55 Å². The van der Waals surface area contributed by atoms with E-state index in [0.717, 1.165) is 19.4 Å². The van der Waals surface area contributed by atoms with Gasteiger partial charge in [0.2, 0.25) is 0 Å². The number of nitrogens with one attached hydrogen (secondary N) is 3. The molecule has 1 aromatic carbocycles. The van der Waals surface area contributed by atoms with Crippen LogP contribution in [0.2, 0.25) is 5.02 Å². The molecule has 1 unspecified atom stereocenters. The van der Waals surface area contributed by atoms with Crippen LogP contribution in [0.15, 0.2) is 33.9 Å². The lowest BCUT2D eigenvalue weighted by molar-refractivity contribution is -0.912. The van der Waals surface area contributed by atoms with Crippen LogP contribution in [0.4, 0.5) is 5.82 Å². The van der Waals surface area contributed by atoms with Crippen molar-refractivity contribution < 1.29 is 4.90 Å². The van der Waals surface area contributed by atoms with Gasteiger partial charge in [0.25, 0.3) is 5.56 Å². The number of fused-ring (bicyclic) bond motifs is 1. The molecule has 1 aliphatic heterocycles. The minimum absolute atomic E-state index is 0.309. The van der Waals surface area contributed by atoms with Gasteiger partial charge >= 0.3 is 5.69 Å². The van der Waals surface area contributed by atoms with Crippen molar-refractivity contribution >= 4 is 17.4 Å². The fourth-order valence-corrected chi connectivity index (χ4v) is 3.01. The lowest BCUT2D eigenvalue weighted by Gasteiger charge is -2.28. The molecule has 122 valence electrons. The highest BCUT2D eigenvalue weighted by atomic mass is 35.5. The Morgan fingerprint density at radius 2 is 2.00 bits per heavy atom. The maximum Gasteiger partial charge on any atom is 0.334 e. The topological polar surface area (TPSA) is 71.3 Å². The number of halogens is 1. The Morgan fingerprint density at radius 3 is 2.70 bits per heavy atom. The Bertz CT molecular complexity index is 810. The van der Waals surface area contributed by atoms with E-state index >= 15 is 0 Å². The van der Waals surface area contributed by atoms with E-state index in [0.29, 0.717) is 35.3 Å². The molecular formula is C16H20ClN4O2+.